The molecule has 0 bridgehead atoms. The number of nitrogens with zero attached hydrogens (tertiary/aromatic N) is 2. The smallest absolute Gasteiger partial charge is 0.139 e. The summed E-state index contributed by atoms with van der Waals surface area (Å²) in [6, 6.07) is 1.92. The summed E-state index contributed by atoms with van der Waals surface area (Å²) in [6.07, 6.45) is 1.69. The van der Waals surface area contributed by atoms with Crippen LogP contribution in [0.2, 0.25) is 0 Å². The molecule has 0 saturated carbocycles. The average Bonchev–Trinajstić information content (AvgIpc) is 2.79. The van der Waals surface area contributed by atoms with E-state index in [-0.39, 0.29) is 6.04 Å². The maximum absolute atomic E-state index is 5.54. The zero-order valence-electron chi connectivity index (χ0n) is 10.4. The second-order valence-corrected chi connectivity index (χ2v) is 4.92. The molecule has 0 amide bonds. The van der Waals surface area contributed by atoms with Crippen molar-refractivity contribution in [3.05, 3.63) is 39.5 Å². The zero-order valence-corrected chi connectivity index (χ0v) is 12.0. The van der Waals surface area contributed by atoms with E-state index in [0.717, 1.165) is 21.6 Å². The third-order valence-electron chi connectivity index (χ3n) is 3.05. The molecule has 92 valence electrons. The van der Waals surface area contributed by atoms with Crippen molar-refractivity contribution in [2.75, 3.05) is 7.05 Å². The Kier molecular flexibility index (Phi) is 3.40. The largest absolute Gasteiger partial charge is 0.466 e. The molecule has 5 heteroatoms. The normalized spacial score (nSPS) is 13.0. The maximum Gasteiger partial charge on any atom is 0.139 e. The highest BCUT2D eigenvalue weighted by atomic mass is 79.9. The van der Waals surface area contributed by atoms with E-state index in [1.807, 2.05) is 31.8 Å². The van der Waals surface area contributed by atoms with E-state index in [1.165, 1.54) is 5.56 Å². The number of halogens is 1. The van der Waals surface area contributed by atoms with Gasteiger partial charge in [-0.1, -0.05) is 0 Å². The molecule has 0 aromatic carbocycles. The lowest BCUT2D eigenvalue weighted by atomic mass is 10.0. The van der Waals surface area contributed by atoms with E-state index in [2.05, 4.69) is 33.3 Å². The van der Waals surface area contributed by atoms with Crippen molar-refractivity contribution in [2.24, 2.45) is 7.05 Å². The van der Waals surface area contributed by atoms with E-state index in [0.29, 0.717) is 0 Å². The number of aromatic nitrogens is 2. The van der Waals surface area contributed by atoms with Crippen LogP contribution in [0.5, 0.6) is 0 Å². The topological polar surface area (TPSA) is 43.0 Å². The third-order valence-corrected chi connectivity index (χ3v) is 3.70. The highest BCUT2D eigenvalue weighted by Crippen LogP contribution is 2.32. The lowest BCUT2D eigenvalue weighted by Gasteiger charge is -2.15. The molecule has 0 spiro atoms. The van der Waals surface area contributed by atoms with Gasteiger partial charge in [-0.05, 0) is 42.9 Å². The summed E-state index contributed by atoms with van der Waals surface area (Å²) in [5.74, 6) is 0.881. The van der Waals surface area contributed by atoms with Crippen molar-refractivity contribution in [1.82, 2.24) is 15.1 Å². The second-order valence-electron chi connectivity index (χ2n) is 4.06. The standard InChI is InChI=1S/C12H16BrN3O/c1-7-10(8(2)16(4)15-7)11(14-3)12-9(13)5-6-17-12/h5-6,11,14H,1-4H3. The number of aryl methyl sites for hydroxylation is 2. The van der Waals surface area contributed by atoms with Gasteiger partial charge in [0.15, 0.2) is 0 Å². The van der Waals surface area contributed by atoms with E-state index in [4.69, 9.17) is 4.42 Å². The number of rotatable bonds is 3. The van der Waals surface area contributed by atoms with Gasteiger partial charge in [0.05, 0.1) is 22.5 Å². The van der Waals surface area contributed by atoms with Crippen molar-refractivity contribution in [3.8, 4) is 0 Å². The molecular formula is C12H16BrN3O. The fourth-order valence-corrected chi connectivity index (χ4v) is 2.56. The van der Waals surface area contributed by atoms with Gasteiger partial charge in [-0.2, -0.15) is 5.10 Å². The van der Waals surface area contributed by atoms with E-state index >= 15 is 0 Å². The molecule has 1 atom stereocenters. The van der Waals surface area contributed by atoms with Crippen LogP contribution in [-0.2, 0) is 7.05 Å². The third kappa shape index (κ3) is 2.05. The Bertz CT molecular complexity index is 530. The van der Waals surface area contributed by atoms with Gasteiger partial charge in [-0.25, -0.2) is 0 Å². The van der Waals surface area contributed by atoms with Crippen LogP contribution in [0.4, 0.5) is 0 Å². The molecule has 0 aliphatic heterocycles. The molecule has 2 rings (SSSR count). The summed E-state index contributed by atoms with van der Waals surface area (Å²) < 4.78 is 8.41. The van der Waals surface area contributed by atoms with Crippen LogP contribution in [0.15, 0.2) is 21.2 Å². The molecule has 2 heterocycles. The Morgan fingerprint density at radius 3 is 2.59 bits per heavy atom. The van der Waals surface area contributed by atoms with E-state index in [1.54, 1.807) is 6.26 Å². The Morgan fingerprint density at radius 1 is 1.47 bits per heavy atom. The number of furan rings is 1. The lowest BCUT2D eigenvalue weighted by Crippen LogP contribution is -2.19. The van der Waals surface area contributed by atoms with Gasteiger partial charge in [0.2, 0.25) is 0 Å². The monoisotopic (exact) mass is 297 g/mol. The van der Waals surface area contributed by atoms with Crippen molar-refractivity contribution >= 4 is 15.9 Å². The van der Waals surface area contributed by atoms with Gasteiger partial charge in [-0.3, -0.25) is 4.68 Å². The minimum absolute atomic E-state index is 0.0214. The molecule has 1 N–H and O–H groups in total. The molecule has 0 fully saturated rings. The first-order valence-electron chi connectivity index (χ1n) is 5.46. The molecule has 0 radical (unpaired) electrons. The van der Waals surface area contributed by atoms with E-state index in [9.17, 15) is 0 Å². The predicted octanol–water partition coefficient (Wildman–Crippen LogP) is 2.70. The van der Waals surface area contributed by atoms with Crippen molar-refractivity contribution in [1.29, 1.82) is 0 Å². The van der Waals surface area contributed by atoms with Crippen LogP contribution in [0, 0.1) is 13.8 Å². The summed E-state index contributed by atoms with van der Waals surface area (Å²) in [5.41, 5.74) is 3.34. The first-order valence-corrected chi connectivity index (χ1v) is 6.25. The highest BCUT2D eigenvalue weighted by molar-refractivity contribution is 9.10. The molecule has 0 aliphatic rings. The average molecular weight is 298 g/mol. The SMILES string of the molecule is CNC(c1occc1Br)c1c(C)nn(C)c1C. The fraction of sp³-hybridized carbons (Fsp3) is 0.417. The molecule has 1 unspecified atom stereocenters. The molecular weight excluding hydrogens is 282 g/mol. The first-order chi connectivity index (χ1) is 8.06. The molecule has 2 aromatic rings. The molecule has 4 nitrogen and oxygen atoms in total. The van der Waals surface area contributed by atoms with Gasteiger partial charge in [-0.15, -0.1) is 0 Å². The Morgan fingerprint density at radius 2 is 2.18 bits per heavy atom. The minimum Gasteiger partial charge on any atom is -0.466 e. The summed E-state index contributed by atoms with van der Waals surface area (Å²) in [6.45, 7) is 4.08. The van der Waals surface area contributed by atoms with Crippen LogP contribution in [0.1, 0.15) is 28.8 Å². The molecule has 17 heavy (non-hydrogen) atoms. The van der Waals surface area contributed by atoms with Crippen LogP contribution >= 0.6 is 15.9 Å². The zero-order chi connectivity index (χ0) is 12.6. The van der Waals surface area contributed by atoms with Crippen molar-refractivity contribution < 1.29 is 4.42 Å². The quantitative estimate of drug-likeness (QED) is 0.947. The van der Waals surface area contributed by atoms with Crippen LogP contribution in [0.25, 0.3) is 0 Å². The Hall–Kier alpha value is -1.07. The highest BCUT2D eigenvalue weighted by Gasteiger charge is 2.24. The van der Waals surface area contributed by atoms with Crippen molar-refractivity contribution in [2.45, 2.75) is 19.9 Å². The number of nitrogens with one attached hydrogen (secondary N) is 1. The Labute approximate surface area is 109 Å². The van der Waals surface area contributed by atoms with Gasteiger partial charge < -0.3 is 9.73 Å². The van der Waals surface area contributed by atoms with Gasteiger partial charge in [0, 0.05) is 18.3 Å². The van der Waals surface area contributed by atoms with Crippen LogP contribution in [-0.4, -0.2) is 16.8 Å². The van der Waals surface area contributed by atoms with E-state index < -0.39 is 0 Å². The number of hydrogen-bond donors (Lipinski definition) is 1. The molecule has 0 saturated heterocycles. The summed E-state index contributed by atoms with van der Waals surface area (Å²) in [7, 11) is 3.88. The second kappa shape index (κ2) is 4.66. The lowest BCUT2D eigenvalue weighted by molar-refractivity contribution is 0.459. The van der Waals surface area contributed by atoms with Crippen LogP contribution in [0.3, 0.4) is 0 Å². The van der Waals surface area contributed by atoms with Gasteiger partial charge in [0.1, 0.15) is 5.76 Å². The Balaban J connectivity index is 2.53. The summed E-state index contributed by atoms with van der Waals surface area (Å²) in [5, 5.41) is 7.72. The molecule has 0 aliphatic carbocycles. The molecule has 2 aromatic heterocycles. The predicted molar refractivity (Wildman–Crippen MR) is 70.0 cm³/mol. The maximum atomic E-state index is 5.54. The van der Waals surface area contributed by atoms with Gasteiger partial charge in [0.25, 0.3) is 0 Å². The van der Waals surface area contributed by atoms with Crippen LogP contribution < -0.4 is 5.32 Å². The fourth-order valence-electron chi connectivity index (χ4n) is 2.13. The number of hydrogen-bond acceptors (Lipinski definition) is 3. The minimum atomic E-state index is 0.0214. The summed E-state index contributed by atoms with van der Waals surface area (Å²) in [4.78, 5) is 0. The van der Waals surface area contributed by atoms with Gasteiger partial charge >= 0.3 is 0 Å². The first kappa shape index (κ1) is 12.4. The summed E-state index contributed by atoms with van der Waals surface area (Å²) >= 11 is 3.50. The van der Waals surface area contributed by atoms with Crippen molar-refractivity contribution in [3.63, 3.8) is 0 Å².